The van der Waals surface area contributed by atoms with Crippen molar-refractivity contribution >= 4 is 23.2 Å². The molecule has 2 N–H and O–H groups in total. The summed E-state index contributed by atoms with van der Waals surface area (Å²) in [6, 6.07) is 7.79. The zero-order valence-electron chi connectivity index (χ0n) is 11.4. The number of rotatable bonds is 2. The van der Waals surface area contributed by atoms with E-state index >= 15 is 0 Å². The number of anilines is 1. The highest BCUT2D eigenvalue weighted by Crippen LogP contribution is 2.21. The van der Waals surface area contributed by atoms with Gasteiger partial charge in [-0.3, -0.25) is 4.79 Å². The Kier molecular flexibility index (Phi) is 4.02. The van der Waals surface area contributed by atoms with E-state index in [0.29, 0.717) is 13.1 Å². The molecule has 0 aliphatic carbocycles. The second-order valence-electron chi connectivity index (χ2n) is 5.48. The van der Waals surface area contributed by atoms with E-state index in [1.165, 1.54) is 0 Å². The molecule has 0 bridgehead atoms. The average molecular weight is 282 g/mol. The Morgan fingerprint density at radius 2 is 1.89 bits per heavy atom. The summed E-state index contributed by atoms with van der Waals surface area (Å²) in [4.78, 5) is 16.1. The molecule has 104 valence electrons. The van der Waals surface area contributed by atoms with Crippen LogP contribution in [0.2, 0.25) is 5.02 Å². The molecule has 0 saturated carbocycles. The number of amides is 1. The van der Waals surface area contributed by atoms with Crippen molar-refractivity contribution in [3.05, 3.63) is 29.3 Å². The predicted octanol–water partition coefficient (Wildman–Crippen LogP) is 1.73. The molecule has 0 aromatic heterocycles. The van der Waals surface area contributed by atoms with E-state index in [4.69, 9.17) is 17.3 Å². The maximum Gasteiger partial charge on any atom is 0.242 e. The first-order valence-electron chi connectivity index (χ1n) is 6.47. The van der Waals surface area contributed by atoms with Crippen LogP contribution in [-0.2, 0) is 4.79 Å². The molecule has 4 nitrogen and oxygen atoms in total. The smallest absolute Gasteiger partial charge is 0.242 e. The highest BCUT2D eigenvalue weighted by atomic mass is 35.5. The van der Waals surface area contributed by atoms with E-state index in [1.54, 1.807) is 13.8 Å². The first kappa shape index (κ1) is 14.2. The topological polar surface area (TPSA) is 49.6 Å². The molecule has 1 heterocycles. The van der Waals surface area contributed by atoms with Gasteiger partial charge < -0.3 is 15.5 Å². The Bertz CT molecular complexity index is 462. The fourth-order valence-corrected chi connectivity index (χ4v) is 2.43. The van der Waals surface area contributed by atoms with Gasteiger partial charge in [-0.25, -0.2) is 0 Å². The Morgan fingerprint density at radius 1 is 1.26 bits per heavy atom. The predicted molar refractivity (Wildman–Crippen MR) is 78.5 cm³/mol. The maximum absolute atomic E-state index is 12.1. The van der Waals surface area contributed by atoms with Gasteiger partial charge in [0.2, 0.25) is 5.91 Å². The van der Waals surface area contributed by atoms with E-state index in [0.717, 1.165) is 23.8 Å². The minimum Gasteiger partial charge on any atom is -0.368 e. The van der Waals surface area contributed by atoms with E-state index in [1.807, 2.05) is 29.2 Å². The van der Waals surface area contributed by atoms with Crippen LogP contribution in [0, 0.1) is 0 Å². The van der Waals surface area contributed by atoms with Gasteiger partial charge in [0, 0.05) is 36.9 Å². The number of benzene rings is 1. The molecule has 5 heteroatoms. The average Bonchev–Trinajstić information content (AvgIpc) is 2.37. The van der Waals surface area contributed by atoms with Gasteiger partial charge in [-0.1, -0.05) is 17.7 Å². The maximum atomic E-state index is 12.1. The molecule has 0 atom stereocenters. The first-order valence-corrected chi connectivity index (χ1v) is 6.84. The molecule has 1 amide bonds. The molecular formula is C14H20ClN3O. The van der Waals surface area contributed by atoms with E-state index in [2.05, 4.69) is 4.90 Å². The second-order valence-corrected chi connectivity index (χ2v) is 5.92. The normalized spacial score (nSPS) is 16.6. The van der Waals surface area contributed by atoms with Crippen LogP contribution in [0.4, 0.5) is 5.69 Å². The van der Waals surface area contributed by atoms with Crippen molar-refractivity contribution in [1.82, 2.24) is 4.90 Å². The van der Waals surface area contributed by atoms with Crippen molar-refractivity contribution in [2.75, 3.05) is 31.1 Å². The minimum atomic E-state index is -0.793. The molecule has 1 aromatic rings. The highest BCUT2D eigenvalue weighted by Gasteiger charge is 2.30. The monoisotopic (exact) mass is 281 g/mol. The summed E-state index contributed by atoms with van der Waals surface area (Å²) >= 11 is 6.00. The van der Waals surface area contributed by atoms with Crippen LogP contribution < -0.4 is 10.6 Å². The summed E-state index contributed by atoms with van der Waals surface area (Å²) in [5.74, 6) is 0.0123. The quantitative estimate of drug-likeness (QED) is 0.898. The summed E-state index contributed by atoms with van der Waals surface area (Å²) in [6.45, 7) is 6.51. The van der Waals surface area contributed by atoms with Gasteiger partial charge in [0.05, 0.1) is 5.54 Å². The van der Waals surface area contributed by atoms with Crippen molar-refractivity contribution in [3.8, 4) is 0 Å². The second kappa shape index (κ2) is 5.39. The fourth-order valence-electron chi connectivity index (χ4n) is 2.25. The molecule has 1 saturated heterocycles. The van der Waals surface area contributed by atoms with Gasteiger partial charge >= 0.3 is 0 Å². The number of halogens is 1. The summed E-state index contributed by atoms with van der Waals surface area (Å²) in [7, 11) is 0. The van der Waals surface area contributed by atoms with Crippen LogP contribution in [0.15, 0.2) is 24.3 Å². The Hall–Kier alpha value is -1.26. The summed E-state index contributed by atoms with van der Waals surface area (Å²) in [5, 5.41) is 0.735. The van der Waals surface area contributed by atoms with Gasteiger partial charge in [-0.2, -0.15) is 0 Å². The Morgan fingerprint density at radius 3 is 2.42 bits per heavy atom. The summed E-state index contributed by atoms with van der Waals surface area (Å²) < 4.78 is 0. The lowest BCUT2D eigenvalue weighted by Crippen LogP contribution is -2.57. The zero-order valence-corrected chi connectivity index (χ0v) is 12.2. The molecule has 1 aliphatic heterocycles. The van der Waals surface area contributed by atoms with Crippen molar-refractivity contribution in [1.29, 1.82) is 0 Å². The van der Waals surface area contributed by atoms with Crippen LogP contribution in [0.5, 0.6) is 0 Å². The van der Waals surface area contributed by atoms with Crippen LogP contribution in [-0.4, -0.2) is 42.5 Å². The van der Waals surface area contributed by atoms with Gasteiger partial charge in [-0.05, 0) is 32.0 Å². The lowest BCUT2D eigenvalue weighted by atomic mass is 10.0. The van der Waals surface area contributed by atoms with Crippen LogP contribution >= 0.6 is 11.6 Å². The Balaban J connectivity index is 1.98. The molecule has 0 spiro atoms. The van der Waals surface area contributed by atoms with Gasteiger partial charge in [-0.15, -0.1) is 0 Å². The third-order valence-corrected chi connectivity index (χ3v) is 3.53. The van der Waals surface area contributed by atoms with Gasteiger partial charge in [0.25, 0.3) is 0 Å². The lowest BCUT2D eigenvalue weighted by molar-refractivity contribution is -0.136. The SMILES string of the molecule is CC(C)(N)C(=O)N1CCN(c2cccc(Cl)c2)CC1. The van der Waals surface area contributed by atoms with Crippen molar-refractivity contribution in [3.63, 3.8) is 0 Å². The third-order valence-electron chi connectivity index (χ3n) is 3.29. The van der Waals surface area contributed by atoms with Crippen molar-refractivity contribution < 1.29 is 4.79 Å². The number of carbonyl (C=O) groups is 1. The number of carbonyl (C=O) groups excluding carboxylic acids is 1. The first-order chi connectivity index (χ1) is 8.88. The number of piperazine rings is 1. The molecular weight excluding hydrogens is 262 g/mol. The standard InChI is InChI=1S/C14H20ClN3O/c1-14(2,16)13(19)18-8-6-17(7-9-18)12-5-3-4-11(15)10-12/h3-5,10H,6-9,16H2,1-2H3. The van der Waals surface area contributed by atoms with E-state index < -0.39 is 5.54 Å². The molecule has 1 aromatic carbocycles. The highest BCUT2D eigenvalue weighted by molar-refractivity contribution is 6.30. The van der Waals surface area contributed by atoms with Crippen molar-refractivity contribution in [2.24, 2.45) is 5.73 Å². The van der Waals surface area contributed by atoms with Crippen molar-refractivity contribution in [2.45, 2.75) is 19.4 Å². The van der Waals surface area contributed by atoms with E-state index in [-0.39, 0.29) is 5.91 Å². The molecule has 0 unspecified atom stereocenters. The van der Waals surface area contributed by atoms with Crippen LogP contribution in [0.3, 0.4) is 0 Å². The van der Waals surface area contributed by atoms with Crippen LogP contribution in [0.1, 0.15) is 13.8 Å². The number of hydrogen-bond donors (Lipinski definition) is 1. The summed E-state index contributed by atoms with van der Waals surface area (Å²) in [6.07, 6.45) is 0. The van der Waals surface area contributed by atoms with Crippen LogP contribution in [0.25, 0.3) is 0 Å². The molecule has 1 fully saturated rings. The Labute approximate surface area is 119 Å². The van der Waals surface area contributed by atoms with Gasteiger partial charge in [0.1, 0.15) is 0 Å². The number of hydrogen-bond acceptors (Lipinski definition) is 3. The third kappa shape index (κ3) is 3.39. The van der Waals surface area contributed by atoms with Gasteiger partial charge in [0.15, 0.2) is 0 Å². The molecule has 1 aliphatic rings. The largest absolute Gasteiger partial charge is 0.368 e. The number of nitrogens with zero attached hydrogens (tertiary/aromatic N) is 2. The zero-order chi connectivity index (χ0) is 14.0. The molecule has 0 radical (unpaired) electrons. The number of nitrogens with two attached hydrogens (primary N) is 1. The minimum absolute atomic E-state index is 0.0123. The summed E-state index contributed by atoms with van der Waals surface area (Å²) in [5.41, 5.74) is 6.16. The fraction of sp³-hybridized carbons (Fsp3) is 0.500. The lowest BCUT2D eigenvalue weighted by Gasteiger charge is -2.38. The van der Waals surface area contributed by atoms with E-state index in [9.17, 15) is 4.79 Å². The molecule has 19 heavy (non-hydrogen) atoms. The molecule has 2 rings (SSSR count).